The fourth-order valence-corrected chi connectivity index (χ4v) is 1.37. The second kappa shape index (κ2) is 1.72. The van der Waals surface area contributed by atoms with Crippen molar-refractivity contribution in [2.45, 2.75) is 19.8 Å². The predicted octanol–water partition coefficient (Wildman–Crippen LogP) is 1.54. The van der Waals surface area contributed by atoms with Crippen LogP contribution in [0.4, 0.5) is 0 Å². The lowest BCUT2D eigenvalue weighted by Crippen LogP contribution is -1.94. The Labute approximate surface area is 59.2 Å². The quantitative estimate of drug-likeness (QED) is 0.472. The number of carbonyl (C=O) groups is 1. The lowest BCUT2D eigenvalue weighted by atomic mass is 10.1. The van der Waals surface area contributed by atoms with Crippen molar-refractivity contribution < 1.29 is 9.53 Å². The molecule has 0 unspecified atom stereocenters. The lowest BCUT2D eigenvalue weighted by molar-refractivity contribution is -0.133. The zero-order chi connectivity index (χ0) is 7.14. The van der Waals surface area contributed by atoms with Gasteiger partial charge in [0.05, 0.1) is 0 Å². The van der Waals surface area contributed by atoms with E-state index < -0.39 is 0 Å². The fraction of sp³-hybridized carbons (Fsp3) is 0.375. The molecule has 52 valence electrons. The van der Waals surface area contributed by atoms with Crippen LogP contribution < -0.4 is 0 Å². The van der Waals surface area contributed by atoms with E-state index in [0.717, 1.165) is 29.7 Å². The van der Waals surface area contributed by atoms with Crippen molar-refractivity contribution in [3.05, 3.63) is 23.0 Å². The Balaban J connectivity index is 2.50. The van der Waals surface area contributed by atoms with Crippen LogP contribution in [-0.2, 0) is 9.53 Å². The number of hydrogen-bond donors (Lipinski definition) is 0. The second-order valence-corrected chi connectivity index (χ2v) is 2.60. The average molecular weight is 136 g/mol. The third-order valence-corrected chi connectivity index (χ3v) is 1.98. The number of esters is 1. The van der Waals surface area contributed by atoms with Crippen LogP contribution in [0.15, 0.2) is 23.0 Å². The van der Waals surface area contributed by atoms with Gasteiger partial charge in [-0.15, -0.1) is 0 Å². The van der Waals surface area contributed by atoms with E-state index >= 15 is 0 Å². The molecule has 2 rings (SSSR count). The third-order valence-electron chi connectivity index (χ3n) is 1.98. The first-order chi connectivity index (χ1) is 4.79. The van der Waals surface area contributed by atoms with Gasteiger partial charge in [-0.3, -0.25) is 0 Å². The van der Waals surface area contributed by atoms with Gasteiger partial charge in [0, 0.05) is 11.1 Å². The van der Waals surface area contributed by atoms with E-state index in [2.05, 4.69) is 0 Å². The molecule has 0 aromatic rings. The molecule has 0 aromatic carbocycles. The maximum Gasteiger partial charge on any atom is 0.339 e. The molecule has 0 bridgehead atoms. The van der Waals surface area contributed by atoms with Crippen molar-refractivity contribution in [1.29, 1.82) is 0 Å². The van der Waals surface area contributed by atoms with Gasteiger partial charge in [0.1, 0.15) is 5.76 Å². The van der Waals surface area contributed by atoms with E-state index in [1.165, 1.54) is 0 Å². The number of fused-ring (bicyclic) bond motifs is 1. The summed E-state index contributed by atoms with van der Waals surface area (Å²) in [5.41, 5.74) is 1.91. The molecular weight excluding hydrogens is 128 g/mol. The highest BCUT2D eigenvalue weighted by Crippen LogP contribution is 2.34. The Morgan fingerprint density at radius 2 is 2.40 bits per heavy atom. The van der Waals surface area contributed by atoms with Gasteiger partial charge in [-0.25, -0.2) is 4.79 Å². The molecule has 2 aliphatic rings. The van der Waals surface area contributed by atoms with Crippen LogP contribution in [0.5, 0.6) is 0 Å². The normalized spacial score (nSPS) is 22.9. The minimum atomic E-state index is -0.166. The van der Waals surface area contributed by atoms with Crippen molar-refractivity contribution >= 4 is 5.97 Å². The van der Waals surface area contributed by atoms with Crippen LogP contribution in [0.3, 0.4) is 0 Å². The molecule has 0 spiro atoms. The van der Waals surface area contributed by atoms with Crippen LogP contribution in [0.2, 0.25) is 0 Å². The summed E-state index contributed by atoms with van der Waals surface area (Å²) in [5.74, 6) is 0.642. The summed E-state index contributed by atoms with van der Waals surface area (Å²) in [6.45, 7) is 1.82. The molecule has 0 amide bonds. The van der Waals surface area contributed by atoms with Crippen molar-refractivity contribution in [1.82, 2.24) is 0 Å². The predicted molar refractivity (Wildman–Crippen MR) is 36.1 cm³/mol. The minimum absolute atomic E-state index is 0.166. The van der Waals surface area contributed by atoms with E-state index in [9.17, 15) is 4.79 Å². The molecule has 0 fully saturated rings. The molecule has 0 saturated heterocycles. The summed E-state index contributed by atoms with van der Waals surface area (Å²) in [6, 6.07) is 0. The summed E-state index contributed by atoms with van der Waals surface area (Å²) in [5, 5.41) is 0. The fourth-order valence-electron chi connectivity index (χ4n) is 1.37. The topological polar surface area (TPSA) is 26.3 Å². The molecule has 10 heavy (non-hydrogen) atoms. The molecule has 2 heteroatoms. The van der Waals surface area contributed by atoms with Crippen molar-refractivity contribution in [3.8, 4) is 0 Å². The first kappa shape index (κ1) is 5.71. The van der Waals surface area contributed by atoms with Gasteiger partial charge in [0.25, 0.3) is 0 Å². The Morgan fingerprint density at radius 3 is 3.10 bits per heavy atom. The summed E-state index contributed by atoms with van der Waals surface area (Å²) in [4.78, 5) is 10.9. The molecule has 0 N–H and O–H groups in total. The first-order valence-electron chi connectivity index (χ1n) is 3.41. The molecule has 1 aliphatic carbocycles. The summed E-state index contributed by atoms with van der Waals surface area (Å²) in [7, 11) is 0. The van der Waals surface area contributed by atoms with Crippen molar-refractivity contribution in [2.24, 2.45) is 0 Å². The molecule has 0 atom stereocenters. The van der Waals surface area contributed by atoms with E-state index in [1.807, 2.05) is 13.0 Å². The Hall–Kier alpha value is -1.05. The van der Waals surface area contributed by atoms with E-state index in [-0.39, 0.29) is 5.97 Å². The molecule has 0 radical (unpaired) electrons. The highest BCUT2D eigenvalue weighted by Gasteiger charge is 2.28. The largest absolute Gasteiger partial charge is 0.423 e. The maximum absolute atomic E-state index is 10.9. The van der Waals surface area contributed by atoms with E-state index in [4.69, 9.17) is 4.74 Å². The number of allylic oxidation sites excluding steroid dienone is 2. The summed E-state index contributed by atoms with van der Waals surface area (Å²) < 4.78 is 4.95. The van der Waals surface area contributed by atoms with E-state index in [1.54, 1.807) is 0 Å². The Morgan fingerprint density at radius 1 is 1.60 bits per heavy atom. The van der Waals surface area contributed by atoms with Crippen molar-refractivity contribution in [3.63, 3.8) is 0 Å². The van der Waals surface area contributed by atoms with Gasteiger partial charge in [0.2, 0.25) is 0 Å². The zero-order valence-electron chi connectivity index (χ0n) is 5.81. The van der Waals surface area contributed by atoms with Gasteiger partial charge in [-0.2, -0.15) is 0 Å². The lowest BCUT2D eigenvalue weighted by Gasteiger charge is -1.90. The van der Waals surface area contributed by atoms with Gasteiger partial charge >= 0.3 is 5.97 Å². The highest BCUT2D eigenvalue weighted by atomic mass is 16.5. The van der Waals surface area contributed by atoms with Gasteiger partial charge in [0.15, 0.2) is 0 Å². The second-order valence-electron chi connectivity index (χ2n) is 2.60. The summed E-state index contributed by atoms with van der Waals surface area (Å²) in [6.07, 6.45) is 3.98. The number of rotatable bonds is 0. The van der Waals surface area contributed by atoms with E-state index in [0.29, 0.717) is 0 Å². The van der Waals surface area contributed by atoms with Crippen LogP contribution in [0.1, 0.15) is 19.8 Å². The van der Waals surface area contributed by atoms with Crippen LogP contribution in [0, 0.1) is 0 Å². The highest BCUT2D eigenvalue weighted by molar-refractivity contribution is 5.94. The SMILES string of the molecule is CC1=C2CCC=C2OC1=O. The third kappa shape index (κ3) is 0.561. The molecule has 2 nitrogen and oxygen atoms in total. The monoisotopic (exact) mass is 136 g/mol. The van der Waals surface area contributed by atoms with Crippen LogP contribution in [0.25, 0.3) is 0 Å². The number of hydrogen-bond acceptors (Lipinski definition) is 2. The first-order valence-corrected chi connectivity index (χ1v) is 3.41. The standard InChI is InChI=1S/C8H8O2/c1-5-6-3-2-4-7(6)10-8(5)9/h4H,2-3H2,1H3. The summed E-state index contributed by atoms with van der Waals surface area (Å²) >= 11 is 0. The molecule has 0 aromatic heterocycles. The van der Waals surface area contributed by atoms with Gasteiger partial charge in [-0.1, -0.05) is 0 Å². The molecular formula is C8H8O2. The van der Waals surface area contributed by atoms with Crippen molar-refractivity contribution in [2.75, 3.05) is 0 Å². The minimum Gasteiger partial charge on any atom is -0.423 e. The zero-order valence-corrected chi connectivity index (χ0v) is 5.81. The van der Waals surface area contributed by atoms with Gasteiger partial charge < -0.3 is 4.74 Å². The number of ether oxygens (including phenoxy) is 1. The Bertz CT molecular complexity index is 258. The Kier molecular flexibility index (Phi) is 0.982. The van der Waals surface area contributed by atoms with Crippen LogP contribution in [-0.4, -0.2) is 5.97 Å². The molecule has 0 saturated carbocycles. The average Bonchev–Trinajstić information content (AvgIpc) is 2.41. The number of carbonyl (C=O) groups excluding carboxylic acids is 1. The van der Waals surface area contributed by atoms with Crippen LogP contribution >= 0.6 is 0 Å². The molecule has 1 heterocycles. The smallest absolute Gasteiger partial charge is 0.339 e. The maximum atomic E-state index is 10.9. The molecule has 1 aliphatic heterocycles. The van der Waals surface area contributed by atoms with Gasteiger partial charge in [-0.05, 0) is 25.8 Å².